The van der Waals surface area contributed by atoms with Crippen molar-refractivity contribution in [1.82, 2.24) is 4.90 Å². The lowest BCUT2D eigenvalue weighted by Crippen LogP contribution is -2.60. The number of amides is 1. The molecule has 2 bridgehead atoms. The molecule has 2 unspecified atom stereocenters. The molecule has 0 aromatic heterocycles. The second-order valence-electron chi connectivity index (χ2n) is 8.61. The molecule has 2 fully saturated rings. The van der Waals surface area contributed by atoms with Crippen molar-refractivity contribution in [2.75, 3.05) is 13.2 Å². The topological polar surface area (TPSA) is 55.8 Å². The van der Waals surface area contributed by atoms with Crippen molar-refractivity contribution in [3.8, 4) is 0 Å². The van der Waals surface area contributed by atoms with Gasteiger partial charge in [0.15, 0.2) is 0 Å². The van der Waals surface area contributed by atoms with E-state index in [9.17, 15) is 14.0 Å². The summed E-state index contributed by atoms with van der Waals surface area (Å²) in [5.41, 5.74) is 1.09. The molecule has 6 heteroatoms. The highest BCUT2D eigenvalue weighted by atomic mass is 19.1. The van der Waals surface area contributed by atoms with E-state index in [1.165, 1.54) is 12.1 Å². The Morgan fingerprint density at radius 3 is 2.44 bits per heavy atom. The first-order chi connectivity index (χ1) is 12.6. The van der Waals surface area contributed by atoms with Gasteiger partial charge in [-0.2, -0.15) is 0 Å². The number of halogens is 1. The smallest absolute Gasteiger partial charge is 0.410 e. The predicted octanol–water partition coefficient (Wildman–Crippen LogP) is 3.66. The summed E-state index contributed by atoms with van der Waals surface area (Å²) in [5.74, 6) is -0.372. The van der Waals surface area contributed by atoms with Crippen LogP contribution in [-0.4, -0.2) is 47.7 Å². The van der Waals surface area contributed by atoms with E-state index in [1.54, 1.807) is 11.0 Å². The van der Waals surface area contributed by atoms with Crippen LogP contribution in [0.3, 0.4) is 0 Å². The predicted molar refractivity (Wildman–Crippen MR) is 99.0 cm³/mol. The summed E-state index contributed by atoms with van der Waals surface area (Å²) in [5, 5.41) is 0. The fourth-order valence-corrected chi connectivity index (χ4v) is 3.95. The van der Waals surface area contributed by atoms with E-state index in [4.69, 9.17) is 9.47 Å². The maximum atomic E-state index is 13.5. The molecule has 1 amide bonds. The monoisotopic (exact) mass is 377 g/mol. The number of hydrogen-bond acceptors (Lipinski definition) is 4. The summed E-state index contributed by atoms with van der Waals surface area (Å²) in [7, 11) is 0. The van der Waals surface area contributed by atoms with Crippen LogP contribution >= 0.6 is 0 Å². The Bertz CT molecular complexity index is 713. The summed E-state index contributed by atoms with van der Waals surface area (Å²) in [6.07, 6.45) is 1.00. The van der Waals surface area contributed by atoms with Crippen LogP contribution in [0.5, 0.6) is 0 Å². The van der Waals surface area contributed by atoms with Crippen molar-refractivity contribution >= 4 is 11.9 Å². The van der Waals surface area contributed by atoms with Crippen molar-refractivity contribution in [3.63, 3.8) is 0 Å². The van der Waals surface area contributed by atoms with Crippen LogP contribution in [0.1, 0.15) is 44.7 Å². The maximum absolute atomic E-state index is 13.5. The van der Waals surface area contributed by atoms with Crippen molar-refractivity contribution < 1.29 is 23.5 Å². The minimum Gasteiger partial charge on any atom is -0.444 e. The number of nitrogens with zero attached hydrogens (tertiary/aromatic N) is 1. The molecule has 0 spiro atoms. The fourth-order valence-electron chi connectivity index (χ4n) is 3.95. The Morgan fingerprint density at radius 2 is 1.85 bits per heavy atom. The average Bonchev–Trinajstić information content (AvgIpc) is 2.55. The standard InChI is InChI=1S/C21H28FNO4/c1-13-5-6-16(22)7-14(13)10-19(24)15-8-17-11-26-12-18(9-15)23(17)20(25)27-21(2,3)4/h5-7,15,17-18H,8-12H2,1-4H3. The number of rotatable bonds is 3. The van der Waals surface area contributed by atoms with E-state index in [0.29, 0.717) is 26.1 Å². The van der Waals surface area contributed by atoms with E-state index < -0.39 is 5.60 Å². The Kier molecular flexibility index (Phi) is 5.56. The van der Waals surface area contributed by atoms with Gasteiger partial charge in [-0.25, -0.2) is 9.18 Å². The van der Waals surface area contributed by atoms with Crippen molar-refractivity contribution in [2.45, 2.75) is 64.6 Å². The first-order valence-electron chi connectivity index (χ1n) is 9.51. The van der Waals surface area contributed by atoms with Crippen LogP contribution in [0.4, 0.5) is 9.18 Å². The second kappa shape index (κ2) is 7.58. The van der Waals surface area contributed by atoms with E-state index in [1.807, 2.05) is 27.7 Å². The molecule has 2 aliphatic heterocycles. The van der Waals surface area contributed by atoms with Gasteiger partial charge in [0.2, 0.25) is 0 Å². The Labute approximate surface area is 159 Å². The molecule has 1 aromatic rings. The number of ether oxygens (including phenoxy) is 2. The molecule has 2 saturated heterocycles. The molecule has 3 rings (SSSR count). The molecule has 2 atom stereocenters. The number of morpholine rings is 1. The average molecular weight is 377 g/mol. The van der Waals surface area contributed by atoms with E-state index in [2.05, 4.69) is 0 Å². The van der Waals surface area contributed by atoms with Crippen LogP contribution in [0, 0.1) is 18.7 Å². The van der Waals surface area contributed by atoms with E-state index in [-0.39, 0.29) is 42.1 Å². The second-order valence-corrected chi connectivity index (χ2v) is 8.61. The zero-order valence-corrected chi connectivity index (χ0v) is 16.5. The number of fused-ring (bicyclic) bond motifs is 2. The highest BCUT2D eigenvalue weighted by molar-refractivity contribution is 5.84. The van der Waals surface area contributed by atoms with Gasteiger partial charge in [0.05, 0.1) is 25.3 Å². The Morgan fingerprint density at radius 1 is 1.22 bits per heavy atom. The number of carbonyl (C=O) groups is 2. The molecule has 148 valence electrons. The minimum atomic E-state index is -0.562. The van der Waals surface area contributed by atoms with Gasteiger partial charge in [0.1, 0.15) is 17.2 Å². The van der Waals surface area contributed by atoms with Crippen molar-refractivity contribution in [2.24, 2.45) is 5.92 Å². The van der Waals surface area contributed by atoms with Gasteiger partial charge in [-0.1, -0.05) is 6.07 Å². The number of carbonyl (C=O) groups excluding carboxylic acids is 2. The van der Waals surface area contributed by atoms with Gasteiger partial charge >= 0.3 is 6.09 Å². The largest absolute Gasteiger partial charge is 0.444 e. The third kappa shape index (κ3) is 4.67. The molecule has 0 radical (unpaired) electrons. The molecule has 0 N–H and O–H groups in total. The van der Waals surface area contributed by atoms with Gasteiger partial charge < -0.3 is 9.47 Å². The number of hydrogen-bond donors (Lipinski definition) is 0. The van der Waals surface area contributed by atoms with Gasteiger partial charge in [-0.05, 0) is 63.8 Å². The molecule has 2 aliphatic rings. The molecule has 2 heterocycles. The lowest BCUT2D eigenvalue weighted by Gasteiger charge is -2.47. The highest BCUT2D eigenvalue weighted by Gasteiger charge is 2.44. The van der Waals surface area contributed by atoms with Crippen LogP contribution in [0.25, 0.3) is 0 Å². The number of piperidine rings is 1. The quantitative estimate of drug-likeness (QED) is 0.807. The third-order valence-electron chi connectivity index (χ3n) is 5.26. The molecule has 0 saturated carbocycles. The number of aryl methyl sites for hydroxylation is 1. The van der Waals surface area contributed by atoms with Crippen molar-refractivity contribution in [1.29, 1.82) is 0 Å². The highest BCUT2D eigenvalue weighted by Crippen LogP contribution is 2.34. The maximum Gasteiger partial charge on any atom is 0.410 e. The lowest BCUT2D eigenvalue weighted by atomic mass is 9.81. The van der Waals surface area contributed by atoms with Crippen LogP contribution < -0.4 is 0 Å². The van der Waals surface area contributed by atoms with Gasteiger partial charge in [-0.15, -0.1) is 0 Å². The summed E-state index contributed by atoms with van der Waals surface area (Å²) < 4.78 is 24.7. The van der Waals surface area contributed by atoms with Gasteiger partial charge in [-0.3, -0.25) is 9.69 Å². The Balaban J connectivity index is 1.69. The first kappa shape index (κ1) is 19.8. The molecule has 0 aliphatic carbocycles. The number of Topliss-reactive ketones (excluding diaryl/α,β-unsaturated/α-hetero) is 1. The SMILES string of the molecule is Cc1ccc(F)cc1CC(=O)C1CC2COCC(C1)N2C(=O)OC(C)(C)C. The Hall–Kier alpha value is -1.95. The zero-order valence-electron chi connectivity index (χ0n) is 16.5. The summed E-state index contributed by atoms with van der Waals surface area (Å²) in [4.78, 5) is 27.2. The number of benzene rings is 1. The fraction of sp³-hybridized carbons (Fsp3) is 0.619. The van der Waals surface area contributed by atoms with Crippen LogP contribution in [0.15, 0.2) is 18.2 Å². The molecule has 1 aromatic carbocycles. The van der Waals surface area contributed by atoms with Gasteiger partial charge in [0, 0.05) is 12.3 Å². The summed E-state index contributed by atoms with van der Waals surface area (Å²) in [6.45, 7) is 8.24. The van der Waals surface area contributed by atoms with E-state index >= 15 is 0 Å². The zero-order chi connectivity index (χ0) is 19.8. The normalized spacial score (nSPS) is 25.2. The first-order valence-corrected chi connectivity index (χ1v) is 9.51. The van der Waals surface area contributed by atoms with E-state index in [0.717, 1.165) is 11.1 Å². The number of ketones is 1. The van der Waals surface area contributed by atoms with Crippen molar-refractivity contribution in [3.05, 3.63) is 35.1 Å². The lowest BCUT2D eigenvalue weighted by molar-refractivity contribution is -0.131. The summed E-state index contributed by atoms with van der Waals surface area (Å²) in [6, 6.07) is 4.23. The van der Waals surface area contributed by atoms with Gasteiger partial charge in [0.25, 0.3) is 0 Å². The third-order valence-corrected chi connectivity index (χ3v) is 5.26. The summed E-state index contributed by atoms with van der Waals surface area (Å²) >= 11 is 0. The molecular formula is C21H28FNO4. The van der Waals surface area contributed by atoms with Crippen LogP contribution in [0.2, 0.25) is 0 Å². The molecule has 27 heavy (non-hydrogen) atoms. The minimum absolute atomic E-state index is 0.101. The molecular weight excluding hydrogens is 349 g/mol. The van der Waals surface area contributed by atoms with Crippen LogP contribution in [-0.2, 0) is 20.7 Å². The molecule has 5 nitrogen and oxygen atoms in total.